The van der Waals surface area contributed by atoms with E-state index in [9.17, 15) is 13.2 Å². The van der Waals surface area contributed by atoms with Crippen molar-refractivity contribution in [2.45, 2.75) is 30.8 Å². The highest BCUT2D eigenvalue weighted by Gasteiger charge is 2.35. The molecular formula is C30H28N2O4S. The van der Waals surface area contributed by atoms with Gasteiger partial charge in [0.15, 0.2) is 0 Å². The minimum absolute atomic E-state index is 0.0428. The minimum atomic E-state index is -4.02. The number of carbonyl (C=O) groups excluding carboxylic acids is 1. The molecule has 0 aromatic heterocycles. The van der Waals surface area contributed by atoms with Crippen LogP contribution < -0.4 is 13.9 Å². The summed E-state index contributed by atoms with van der Waals surface area (Å²) in [5.74, 6) is 0.335. The minimum Gasteiger partial charge on any atom is -0.497 e. The third kappa shape index (κ3) is 4.70. The van der Waals surface area contributed by atoms with E-state index in [4.69, 9.17) is 4.74 Å². The van der Waals surface area contributed by atoms with Gasteiger partial charge in [-0.2, -0.15) is 0 Å². The van der Waals surface area contributed by atoms with Crippen molar-refractivity contribution < 1.29 is 17.9 Å². The first-order valence-electron chi connectivity index (χ1n) is 12.1. The van der Waals surface area contributed by atoms with Gasteiger partial charge in [-0.3, -0.25) is 9.10 Å². The summed E-state index contributed by atoms with van der Waals surface area (Å²) in [5.41, 5.74) is 3.44. The molecule has 4 aromatic rings. The van der Waals surface area contributed by atoms with Crippen LogP contribution >= 0.6 is 0 Å². The SMILES string of the molecule is COc1ccc(S(=O)(=O)N(Cc2ccccc2)c2ccccc2C(=O)N2c3ccccc3C[C@@H]2C)cc1. The number of benzene rings is 4. The van der Waals surface area contributed by atoms with Gasteiger partial charge >= 0.3 is 0 Å². The van der Waals surface area contributed by atoms with Crippen LogP contribution in [0.2, 0.25) is 0 Å². The van der Waals surface area contributed by atoms with Gasteiger partial charge in [0.25, 0.3) is 15.9 Å². The average molecular weight is 513 g/mol. The number of rotatable bonds is 7. The summed E-state index contributed by atoms with van der Waals surface area (Å²) in [6.07, 6.45) is 0.752. The molecule has 1 atom stereocenters. The Morgan fingerprint density at radius 2 is 1.54 bits per heavy atom. The lowest BCUT2D eigenvalue weighted by Crippen LogP contribution is -2.38. The number of hydrogen-bond acceptors (Lipinski definition) is 4. The molecule has 0 spiro atoms. The highest BCUT2D eigenvalue weighted by molar-refractivity contribution is 7.92. The van der Waals surface area contributed by atoms with E-state index < -0.39 is 10.0 Å². The number of carbonyl (C=O) groups is 1. The van der Waals surface area contributed by atoms with Crippen LogP contribution in [0.1, 0.15) is 28.4 Å². The number of sulfonamides is 1. The highest BCUT2D eigenvalue weighted by Crippen LogP contribution is 2.36. The number of amides is 1. The third-order valence-electron chi connectivity index (χ3n) is 6.65. The number of methoxy groups -OCH3 is 1. The van der Waals surface area contributed by atoms with E-state index in [2.05, 4.69) is 0 Å². The summed E-state index contributed by atoms with van der Waals surface area (Å²) in [7, 11) is -2.49. The number of ether oxygens (including phenoxy) is 1. The predicted molar refractivity (Wildman–Crippen MR) is 146 cm³/mol. The number of anilines is 2. The maximum Gasteiger partial charge on any atom is 0.264 e. The second-order valence-corrected chi connectivity index (χ2v) is 10.9. The maximum atomic E-state index is 14.1. The molecule has 0 unspecified atom stereocenters. The summed E-state index contributed by atoms with van der Waals surface area (Å²) >= 11 is 0. The van der Waals surface area contributed by atoms with Gasteiger partial charge in [-0.1, -0.05) is 60.7 Å². The van der Waals surface area contributed by atoms with E-state index in [1.165, 1.54) is 23.5 Å². The molecule has 7 heteroatoms. The Labute approximate surface area is 217 Å². The molecule has 0 saturated heterocycles. The van der Waals surface area contributed by atoms with Gasteiger partial charge in [-0.25, -0.2) is 8.42 Å². The van der Waals surface area contributed by atoms with E-state index in [-0.39, 0.29) is 23.4 Å². The Morgan fingerprint density at radius 1 is 0.892 bits per heavy atom. The molecule has 0 saturated carbocycles. The Kier molecular flexibility index (Phi) is 6.72. The van der Waals surface area contributed by atoms with E-state index in [0.717, 1.165) is 23.2 Å². The van der Waals surface area contributed by atoms with Crippen molar-refractivity contribution in [2.75, 3.05) is 16.3 Å². The zero-order valence-corrected chi connectivity index (χ0v) is 21.6. The quantitative estimate of drug-likeness (QED) is 0.319. The zero-order chi connectivity index (χ0) is 26.0. The molecule has 0 N–H and O–H groups in total. The van der Waals surface area contributed by atoms with Crippen LogP contribution in [-0.4, -0.2) is 27.5 Å². The normalized spacial score (nSPS) is 14.8. The first kappa shape index (κ1) is 24.6. The standard InChI is InChI=1S/C30H28N2O4S/c1-22-20-24-12-6-8-14-28(24)32(22)30(33)27-13-7-9-15-29(27)31(21-23-10-4-3-5-11-23)37(34,35)26-18-16-25(36-2)17-19-26/h3-19,22H,20-21H2,1-2H3/t22-/m0/s1. The van der Waals surface area contributed by atoms with Gasteiger partial charge in [-0.05, 0) is 66.9 Å². The van der Waals surface area contributed by atoms with Gasteiger partial charge in [0.2, 0.25) is 0 Å². The smallest absolute Gasteiger partial charge is 0.264 e. The molecule has 37 heavy (non-hydrogen) atoms. The Morgan fingerprint density at radius 3 is 2.27 bits per heavy atom. The number of nitrogens with zero attached hydrogens (tertiary/aromatic N) is 2. The van der Waals surface area contributed by atoms with Crippen LogP contribution in [0.5, 0.6) is 5.75 Å². The predicted octanol–water partition coefficient (Wildman–Crippen LogP) is 5.68. The average Bonchev–Trinajstić information content (AvgIpc) is 3.27. The fraction of sp³-hybridized carbons (Fsp3) is 0.167. The Balaban J connectivity index is 1.62. The molecule has 1 aliphatic rings. The molecular weight excluding hydrogens is 484 g/mol. The molecule has 188 valence electrons. The summed E-state index contributed by atoms with van der Waals surface area (Å²) in [5, 5.41) is 0. The zero-order valence-electron chi connectivity index (χ0n) is 20.7. The molecule has 0 bridgehead atoms. The summed E-state index contributed by atoms with van der Waals surface area (Å²) in [4.78, 5) is 15.9. The van der Waals surface area contributed by atoms with Crippen LogP contribution in [0.15, 0.2) is 108 Å². The number of hydrogen-bond donors (Lipinski definition) is 0. The molecule has 0 aliphatic carbocycles. The Hall–Kier alpha value is -4.10. The van der Waals surface area contributed by atoms with E-state index in [1.54, 1.807) is 41.3 Å². The molecule has 1 heterocycles. The largest absolute Gasteiger partial charge is 0.497 e. The van der Waals surface area contributed by atoms with Crippen LogP contribution in [0, 0.1) is 0 Å². The van der Waals surface area contributed by atoms with Crippen molar-refractivity contribution in [1.82, 2.24) is 0 Å². The summed E-state index contributed by atoms with van der Waals surface area (Å²) in [6, 6.07) is 30.4. The highest BCUT2D eigenvalue weighted by atomic mass is 32.2. The summed E-state index contributed by atoms with van der Waals surface area (Å²) in [6.45, 7) is 2.09. The van der Waals surface area contributed by atoms with Crippen molar-refractivity contribution in [3.8, 4) is 5.75 Å². The molecule has 0 fully saturated rings. The molecule has 4 aromatic carbocycles. The van der Waals surface area contributed by atoms with Gasteiger partial charge in [0.1, 0.15) is 5.75 Å². The molecule has 0 radical (unpaired) electrons. The van der Waals surface area contributed by atoms with Gasteiger partial charge in [0.05, 0.1) is 29.8 Å². The van der Waals surface area contributed by atoms with Crippen molar-refractivity contribution in [3.05, 3.63) is 120 Å². The van der Waals surface area contributed by atoms with Crippen molar-refractivity contribution >= 4 is 27.3 Å². The lowest BCUT2D eigenvalue weighted by Gasteiger charge is -2.29. The fourth-order valence-corrected chi connectivity index (χ4v) is 6.27. The monoisotopic (exact) mass is 512 g/mol. The molecule has 5 rings (SSSR count). The Bertz CT molecular complexity index is 1520. The third-order valence-corrected chi connectivity index (χ3v) is 8.42. The summed E-state index contributed by atoms with van der Waals surface area (Å²) < 4.78 is 34.6. The number of fused-ring (bicyclic) bond motifs is 1. The van der Waals surface area contributed by atoms with Crippen molar-refractivity contribution in [1.29, 1.82) is 0 Å². The molecule has 1 aliphatic heterocycles. The first-order chi connectivity index (χ1) is 17.9. The van der Waals surface area contributed by atoms with E-state index in [1.807, 2.05) is 61.5 Å². The van der Waals surface area contributed by atoms with Crippen LogP contribution in [0.25, 0.3) is 0 Å². The van der Waals surface area contributed by atoms with Crippen LogP contribution in [-0.2, 0) is 23.0 Å². The lowest BCUT2D eigenvalue weighted by molar-refractivity contribution is 0.0982. The second-order valence-electron chi connectivity index (χ2n) is 9.05. The first-order valence-corrected chi connectivity index (χ1v) is 13.6. The second kappa shape index (κ2) is 10.1. The maximum absolute atomic E-state index is 14.1. The van der Waals surface area contributed by atoms with Gasteiger partial charge in [0, 0.05) is 11.7 Å². The van der Waals surface area contributed by atoms with E-state index in [0.29, 0.717) is 17.0 Å². The molecule has 1 amide bonds. The van der Waals surface area contributed by atoms with E-state index >= 15 is 0 Å². The number of para-hydroxylation sites is 2. The van der Waals surface area contributed by atoms with Crippen molar-refractivity contribution in [3.63, 3.8) is 0 Å². The van der Waals surface area contributed by atoms with Crippen LogP contribution in [0.3, 0.4) is 0 Å². The fourth-order valence-electron chi connectivity index (χ4n) is 4.80. The lowest BCUT2D eigenvalue weighted by atomic mass is 10.1. The van der Waals surface area contributed by atoms with Crippen LogP contribution in [0.4, 0.5) is 11.4 Å². The topological polar surface area (TPSA) is 66.9 Å². The van der Waals surface area contributed by atoms with Gasteiger partial charge < -0.3 is 9.64 Å². The van der Waals surface area contributed by atoms with Gasteiger partial charge in [-0.15, -0.1) is 0 Å². The molecule has 6 nitrogen and oxygen atoms in total. The van der Waals surface area contributed by atoms with Crippen molar-refractivity contribution in [2.24, 2.45) is 0 Å².